The number of hydrogen-bond donors (Lipinski definition) is 0. The van der Waals surface area contributed by atoms with E-state index in [0.29, 0.717) is 0 Å². The van der Waals surface area contributed by atoms with Crippen LogP contribution in [0.15, 0.2) is 24.8 Å². The Hall–Kier alpha value is -1.58. The number of hydrogen-bond acceptors (Lipinski definition) is 4. The monoisotopic (exact) mass is 266 g/mol. The average Bonchev–Trinajstić information content (AvgIpc) is 2.71. The van der Waals surface area contributed by atoms with Gasteiger partial charge < -0.3 is 9.47 Å². The minimum atomic E-state index is -0.936. The van der Waals surface area contributed by atoms with Crippen molar-refractivity contribution in [3.63, 3.8) is 0 Å². The van der Waals surface area contributed by atoms with Crippen LogP contribution in [-0.2, 0) is 19.1 Å². The fourth-order valence-electron chi connectivity index (χ4n) is 2.25. The first-order valence-electron chi connectivity index (χ1n) is 6.55. The van der Waals surface area contributed by atoms with Gasteiger partial charge in [-0.25, -0.2) is 9.59 Å². The lowest BCUT2D eigenvalue weighted by atomic mass is 9.92. The summed E-state index contributed by atoms with van der Waals surface area (Å²) < 4.78 is 10.5. The van der Waals surface area contributed by atoms with Crippen molar-refractivity contribution < 1.29 is 19.1 Å². The van der Waals surface area contributed by atoms with Gasteiger partial charge in [0.05, 0.1) is 0 Å². The van der Waals surface area contributed by atoms with Gasteiger partial charge in [0.2, 0.25) is 0 Å². The summed E-state index contributed by atoms with van der Waals surface area (Å²) >= 11 is 0. The molecule has 0 radical (unpaired) electrons. The van der Waals surface area contributed by atoms with Crippen LogP contribution in [0.25, 0.3) is 0 Å². The molecule has 0 aromatic heterocycles. The predicted octanol–water partition coefficient (Wildman–Crippen LogP) is 2.78. The third kappa shape index (κ3) is 3.46. The second-order valence-electron chi connectivity index (χ2n) is 5.20. The molecule has 1 aliphatic rings. The second kappa shape index (κ2) is 6.04. The molecule has 0 bridgehead atoms. The van der Waals surface area contributed by atoms with Gasteiger partial charge in [-0.05, 0) is 45.1 Å². The number of ether oxygens (including phenoxy) is 2. The van der Waals surface area contributed by atoms with E-state index in [1.54, 1.807) is 6.08 Å². The van der Waals surface area contributed by atoms with Crippen molar-refractivity contribution in [2.24, 2.45) is 5.92 Å². The molecule has 0 aromatic rings. The lowest BCUT2D eigenvalue weighted by molar-refractivity contribution is -0.174. The van der Waals surface area contributed by atoms with E-state index in [9.17, 15) is 9.59 Å². The first-order chi connectivity index (χ1) is 8.82. The number of carbonyl (C=O) groups excluding carboxylic acids is 2. The molecular formula is C15H22O4. The molecule has 0 aliphatic heterocycles. The highest BCUT2D eigenvalue weighted by atomic mass is 16.6. The molecule has 0 amide bonds. The quantitative estimate of drug-likeness (QED) is 0.436. The predicted molar refractivity (Wildman–Crippen MR) is 72.4 cm³/mol. The van der Waals surface area contributed by atoms with Crippen LogP contribution in [0.4, 0.5) is 0 Å². The lowest BCUT2D eigenvalue weighted by Crippen LogP contribution is -2.39. The molecule has 0 aromatic carbocycles. The van der Waals surface area contributed by atoms with E-state index in [0.717, 1.165) is 19.3 Å². The van der Waals surface area contributed by atoms with Crippen LogP contribution < -0.4 is 0 Å². The van der Waals surface area contributed by atoms with E-state index in [1.165, 1.54) is 13.8 Å². The zero-order valence-corrected chi connectivity index (χ0v) is 11.9. The molecule has 1 saturated carbocycles. The Balaban J connectivity index is 2.65. The summed E-state index contributed by atoms with van der Waals surface area (Å²) in [6.45, 7) is 12.3. The zero-order chi connectivity index (χ0) is 14.6. The smallest absolute Gasteiger partial charge is 0.348 e. The maximum absolute atomic E-state index is 12.0. The van der Waals surface area contributed by atoms with Crippen LogP contribution >= 0.6 is 0 Å². The van der Waals surface area contributed by atoms with E-state index < -0.39 is 23.6 Å². The van der Waals surface area contributed by atoms with E-state index in [2.05, 4.69) is 13.2 Å². The summed E-state index contributed by atoms with van der Waals surface area (Å²) in [5.41, 5.74) is -0.367. The molecule has 3 atom stereocenters. The van der Waals surface area contributed by atoms with Crippen molar-refractivity contribution in [2.75, 3.05) is 0 Å². The largest absolute Gasteiger partial charge is 0.452 e. The molecule has 0 heterocycles. The molecule has 1 rings (SSSR count). The van der Waals surface area contributed by atoms with E-state index >= 15 is 0 Å². The lowest BCUT2D eigenvalue weighted by Gasteiger charge is -2.31. The maximum Gasteiger partial charge on any atom is 0.348 e. The van der Waals surface area contributed by atoms with Gasteiger partial charge in [0.1, 0.15) is 5.60 Å². The molecule has 0 spiro atoms. The summed E-state index contributed by atoms with van der Waals surface area (Å²) in [5, 5.41) is 0. The van der Waals surface area contributed by atoms with Crippen molar-refractivity contribution in [2.45, 2.75) is 51.7 Å². The summed E-state index contributed by atoms with van der Waals surface area (Å²) in [6, 6.07) is 0. The molecule has 1 fully saturated rings. The highest BCUT2D eigenvalue weighted by Crippen LogP contribution is 2.39. The van der Waals surface area contributed by atoms with E-state index in [-0.39, 0.29) is 11.5 Å². The summed E-state index contributed by atoms with van der Waals surface area (Å²) in [5.74, 6) is -0.891. The first-order valence-corrected chi connectivity index (χ1v) is 6.55. The molecule has 1 aliphatic carbocycles. The van der Waals surface area contributed by atoms with Crippen LogP contribution in [0, 0.1) is 5.92 Å². The van der Waals surface area contributed by atoms with Gasteiger partial charge >= 0.3 is 11.9 Å². The van der Waals surface area contributed by atoms with Crippen LogP contribution in [0.3, 0.4) is 0 Å². The highest BCUT2D eigenvalue weighted by Gasteiger charge is 2.42. The Morgan fingerprint density at radius 3 is 2.53 bits per heavy atom. The normalized spacial score (nSPS) is 27.4. The highest BCUT2D eigenvalue weighted by molar-refractivity contribution is 5.89. The molecular weight excluding hydrogens is 244 g/mol. The van der Waals surface area contributed by atoms with E-state index in [4.69, 9.17) is 9.47 Å². The summed E-state index contributed by atoms with van der Waals surface area (Å²) in [6.07, 6.45) is 3.52. The first kappa shape index (κ1) is 15.5. The standard InChI is InChI=1S/C15H22O4/c1-6-15(9-7-8-11(15)4)19-14(17)12(5)18-13(16)10(2)3/h6,11-12H,1-2,7-9H2,3-5H3. The fraction of sp³-hybridized carbons (Fsp3) is 0.600. The van der Waals surface area contributed by atoms with Crippen molar-refractivity contribution in [3.8, 4) is 0 Å². The summed E-state index contributed by atoms with van der Waals surface area (Å²) in [7, 11) is 0. The molecule has 4 nitrogen and oxygen atoms in total. The van der Waals surface area contributed by atoms with Crippen LogP contribution in [-0.4, -0.2) is 23.6 Å². The van der Waals surface area contributed by atoms with Gasteiger partial charge in [-0.15, -0.1) is 0 Å². The van der Waals surface area contributed by atoms with Gasteiger partial charge in [-0.1, -0.05) is 20.1 Å². The molecule has 3 unspecified atom stereocenters. The molecule has 19 heavy (non-hydrogen) atoms. The van der Waals surface area contributed by atoms with Gasteiger partial charge in [0, 0.05) is 5.57 Å². The van der Waals surface area contributed by atoms with Crippen molar-refractivity contribution in [1.29, 1.82) is 0 Å². The SMILES string of the molecule is C=CC1(OC(=O)C(C)OC(=O)C(=C)C)CCCC1C. The Morgan fingerprint density at radius 1 is 1.47 bits per heavy atom. The van der Waals surface area contributed by atoms with Gasteiger partial charge in [0.15, 0.2) is 6.10 Å². The molecule has 0 N–H and O–H groups in total. The Labute approximate surface area is 114 Å². The number of esters is 2. The topological polar surface area (TPSA) is 52.6 Å². The number of rotatable bonds is 5. The van der Waals surface area contributed by atoms with Crippen molar-refractivity contribution in [1.82, 2.24) is 0 Å². The molecule has 0 saturated heterocycles. The van der Waals surface area contributed by atoms with Gasteiger partial charge in [0.25, 0.3) is 0 Å². The maximum atomic E-state index is 12.0. The Kier molecular flexibility index (Phi) is 4.92. The average molecular weight is 266 g/mol. The van der Waals surface area contributed by atoms with Crippen LogP contribution in [0.2, 0.25) is 0 Å². The third-order valence-electron chi connectivity index (χ3n) is 3.64. The minimum absolute atomic E-state index is 0.234. The fourth-order valence-corrected chi connectivity index (χ4v) is 2.25. The summed E-state index contributed by atoms with van der Waals surface area (Å²) in [4.78, 5) is 23.3. The van der Waals surface area contributed by atoms with Crippen LogP contribution in [0.5, 0.6) is 0 Å². The van der Waals surface area contributed by atoms with E-state index in [1.807, 2.05) is 6.92 Å². The van der Waals surface area contributed by atoms with Crippen molar-refractivity contribution in [3.05, 3.63) is 24.8 Å². The van der Waals surface area contributed by atoms with Crippen molar-refractivity contribution >= 4 is 11.9 Å². The second-order valence-corrected chi connectivity index (χ2v) is 5.20. The Bertz CT molecular complexity index is 399. The molecule has 106 valence electrons. The van der Waals surface area contributed by atoms with Gasteiger partial charge in [-0.3, -0.25) is 0 Å². The zero-order valence-electron chi connectivity index (χ0n) is 11.9. The minimum Gasteiger partial charge on any atom is -0.452 e. The van der Waals surface area contributed by atoms with Gasteiger partial charge in [-0.2, -0.15) is 0 Å². The Morgan fingerprint density at radius 2 is 2.11 bits per heavy atom. The molecule has 4 heteroatoms. The van der Waals surface area contributed by atoms with Crippen LogP contribution in [0.1, 0.15) is 40.0 Å². The third-order valence-corrected chi connectivity index (χ3v) is 3.64. The number of carbonyl (C=O) groups is 2.